The number of aliphatic carboxylic acids is 1. The van der Waals surface area contributed by atoms with Gasteiger partial charge in [0.2, 0.25) is 0 Å². The van der Waals surface area contributed by atoms with Gasteiger partial charge in [-0.3, -0.25) is 0 Å². The zero-order valence-electron chi connectivity index (χ0n) is 8.32. The first-order valence-corrected chi connectivity index (χ1v) is 4.66. The molecule has 1 N–H and O–H groups in total. The quantitative estimate of drug-likeness (QED) is 0.377. The molecule has 14 heavy (non-hydrogen) atoms. The van der Waals surface area contributed by atoms with Crippen LogP contribution in [0.15, 0.2) is 0 Å². The Morgan fingerprint density at radius 1 is 1.14 bits per heavy atom. The summed E-state index contributed by atoms with van der Waals surface area (Å²) in [5.41, 5.74) is 0. The van der Waals surface area contributed by atoms with Crippen LogP contribution < -0.4 is 0 Å². The molecule has 5 heteroatoms. The van der Waals surface area contributed by atoms with Crippen LogP contribution in [0.2, 0.25) is 0 Å². The molecule has 0 spiro atoms. The van der Waals surface area contributed by atoms with E-state index in [1.807, 2.05) is 6.92 Å². The van der Waals surface area contributed by atoms with Gasteiger partial charge in [0.25, 0.3) is 0 Å². The van der Waals surface area contributed by atoms with Gasteiger partial charge in [-0.25, -0.2) is 9.59 Å². The van der Waals surface area contributed by atoms with Crippen molar-refractivity contribution in [2.45, 2.75) is 26.2 Å². The van der Waals surface area contributed by atoms with Crippen molar-refractivity contribution in [3.05, 3.63) is 0 Å². The van der Waals surface area contributed by atoms with Crippen molar-refractivity contribution in [2.24, 2.45) is 0 Å². The van der Waals surface area contributed by atoms with Gasteiger partial charge >= 0.3 is 11.9 Å². The van der Waals surface area contributed by atoms with E-state index in [1.165, 1.54) is 0 Å². The fourth-order valence-electron chi connectivity index (χ4n) is 0.854. The Bertz CT molecular complexity index is 178. The van der Waals surface area contributed by atoms with Crippen LogP contribution in [0.1, 0.15) is 26.2 Å². The third-order valence-electron chi connectivity index (χ3n) is 1.54. The number of ether oxygens (including phenoxy) is 2. The molecule has 0 heterocycles. The third-order valence-corrected chi connectivity index (χ3v) is 1.54. The Morgan fingerprint density at radius 3 is 2.36 bits per heavy atom. The number of rotatable bonds is 7. The number of carboxylic acid groups (broad SMARTS) is 1. The molecule has 0 fully saturated rings. The van der Waals surface area contributed by atoms with Gasteiger partial charge in [0.1, 0.15) is 0 Å². The molecule has 0 atom stereocenters. The summed E-state index contributed by atoms with van der Waals surface area (Å²) in [7, 11) is 0. The number of carbonyl (C=O) groups excluding carboxylic acids is 1. The van der Waals surface area contributed by atoms with Gasteiger partial charge in [-0.1, -0.05) is 0 Å². The summed E-state index contributed by atoms with van der Waals surface area (Å²) >= 11 is 0. The molecule has 0 radical (unpaired) electrons. The summed E-state index contributed by atoms with van der Waals surface area (Å²) in [6.07, 6.45) is 2.44. The highest BCUT2D eigenvalue weighted by Crippen LogP contribution is 1.96. The van der Waals surface area contributed by atoms with Gasteiger partial charge in [0, 0.05) is 13.2 Å². The van der Waals surface area contributed by atoms with E-state index in [0.29, 0.717) is 19.6 Å². The fraction of sp³-hybridized carbons (Fsp3) is 0.778. The van der Waals surface area contributed by atoms with Crippen molar-refractivity contribution < 1.29 is 24.2 Å². The Hall–Kier alpha value is -1.10. The standard InChI is InChI=1S/C9H16O5/c1-2-13-6-4-3-5-7-14-9(12)8(10)11/h2-7H2,1H3,(H,10,11). The Kier molecular flexibility index (Phi) is 7.83. The van der Waals surface area contributed by atoms with Crippen LogP contribution in [0.4, 0.5) is 0 Å². The van der Waals surface area contributed by atoms with E-state index in [-0.39, 0.29) is 6.61 Å². The van der Waals surface area contributed by atoms with Crippen LogP contribution in [0, 0.1) is 0 Å². The highest BCUT2D eigenvalue weighted by molar-refractivity contribution is 6.28. The molecule has 0 bridgehead atoms. The summed E-state index contributed by atoms with van der Waals surface area (Å²) in [5, 5.41) is 8.16. The van der Waals surface area contributed by atoms with Gasteiger partial charge in [0.05, 0.1) is 6.61 Å². The maximum atomic E-state index is 10.4. The van der Waals surface area contributed by atoms with Crippen molar-refractivity contribution in [1.29, 1.82) is 0 Å². The molecular formula is C9H16O5. The zero-order valence-corrected chi connectivity index (χ0v) is 8.32. The lowest BCUT2D eigenvalue weighted by Gasteiger charge is -2.02. The molecule has 0 aromatic rings. The van der Waals surface area contributed by atoms with E-state index >= 15 is 0 Å². The average molecular weight is 204 g/mol. The van der Waals surface area contributed by atoms with E-state index in [9.17, 15) is 9.59 Å². The van der Waals surface area contributed by atoms with Gasteiger partial charge in [-0.15, -0.1) is 0 Å². The number of esters is 1. The molecule has 0 aromatic heterocycles. The normalized spacial score (nSPS) is 9.79. The largest absolute Gasteiger partial charge is 0.473 e. The van der Waals surface area contributed by atoms with Crippen LogP contribution >= 0.6 is 0 Å². The molecule has 0 amide bonds. The Morgan fingerprint density at radius 2 is 1.79 bits per heavy atom. The minimum atomic E-state index is -1.54. The molecule has 0 aromatic carbocycles. The van der Waals surface area contributed by atoms with Crippen LogP contribution in [0.5, 0.6) is 0 Å². The van der Waals surface area contributed by atoms with E-state index in [1.54, 1.807) is 0 Å². The maximum absolute atomic E-state index is 10.4. The van der Waals surface area contributed by atoms with E-state index in [2.05, 4.69) is 4.74 Å². The summed E-state index contributed by atoms with van der Waals surface area (Å²) < 4.78 is 9.53. The minimum absolute atomic E-state index is 0.164. The Balaban J connectivity index is 3.13. The monoisotopic (exact) mass is 204 g/mol. The van der Waals surface area contributed by atoms with Gasteiger partial charge < -0.3 is 14.6 Å². The molecule has 0 aliphatic rings. The molecule has 0 rings (SSSR count). The number of unbranched alkanes of at least 4 members (excludes halogenated alkanes) is 2. The molecule has 0 unspecified atom stereocenters. The van der Waals surface area contributed by atoms with Gasteiger partial charge in [0.15, 0.2) is 0 Å². The number of carboxylic acids is 1. The average Bonchev–Trinajstić information content (AvgIpc) is 2.16. The van der Waals surface area contributed by atoms with Crippen molar-refractivity contribution >= 4 is 11.9 Å². The van der Waals surface area contributed by atoms with Crippen LogP contribution in [0.25, 0.3) is 0 Å². The summed E-state index contributed by atoms with van der Waals surface area (Å²) in [6, 6.07) is 0. The summed E-state index contributed by atoms with van der Waals surface area (Å²) in [6.45, 7) is 3.49. The number of hydrogen-bond donors (Lipinski definition) is 1. The first-order valence-electron chi connectivity index (χ1n) is 4.66. The molecule has 0 saturated carbocycles. The van der Waals surface area contributed by atoms with Crippen molar-refractivity contribution in [2.75, 3.05) is 19.8 Å². The molecular weight excluding hydrogens is 188 g/mol. The fourth-order valence-corrected chi connectivity index (χ4v) is 0.854. The second kappa shape index (κ2) is 8.50. The second-order valence-corrected chi connectivity index (χ2v) is 2.70. The minimum Gasteiger partial charge on any atom is -0.473 e. The zero-order chi connectivity index (χ0) is 10.8. The van der Waals surface area contributed by atoms with E-state index < -0.39 is 11.9 Å². The van der Waals surface area contributed by atoms with Crippen molar-refractivity contribution in [3.63, 3.8) is 0 Å². The van der Waals surface area contributed by atoms with E-state index in [4.69, 9.17) is 9.84 Å². The SMILES string of the molecule is CCOCCCCCOC(=O)C(=O)O. The number of hydrogen-bond acceptors (Lipinski definition) is 4. The third kappa shape index (κ3) is 7.54. The van der Waals surface area contributed by atoms with Gasteiger partial charge in [-0.05, 0) is 26.2 Å². The first kappa shape index (κ1) is 12.9. The Labute approximate surface area is 83.0 Å². The first-order chi connectivity index (χ1) is 6.68. The highest BCUT2D eigenvalue weighted by atomic mass is 16.6. The second-order valence-electron chi connectivity index (χ2n) is 2.70. The van der Waals surface area contributed by atoms with E-state index in [0.717, 1.165) is 12.8 Å². The lowest BCUT2D eigenvalue weighted by atomic mass is 10.2. The molecule has 5 nitrogen and oxygen atoms in total. The van der Waals surface area contributed by atoms with Crippen molar-refractivity contribution in [3.8, 4) is 0 Å². The van der Waals surface area contributed by atoms with Crippen LogP contribution in [-0.2, 0) is 19.1 Å². The summed E-state index contributed by atoms with van der Waals surface area (Å²) in [5.74, 6) is -2.73. The summed E-state index contributed by atoms with van der Waals surface area (Å²) in [4.78, 5) is 20.4. The number of carbonyl (C=O) groups is 2. The molecule has 0 aliphatic heterocycles. The lowest BCUT2D eigenvalue weighted by molar-refractivity contribution is -0.163. The molecule has 0 saturated heterocycles. The van der Waals surface area contributed by atoms with Gasteiger partial charge in [-0.2, -0.15) is 0 Å². The van der Waals surface area contributed by atoms with Crippen molar-refractivity contribution in [1.82, 2.24) is 0 Å². The lowest BCUT2D eigenvalue weighted by Crippen LogP contribution is -2.16. The predicted molar refractivity (Wildman–Crippen MR) is 48.9 cm³/mol. The highest BCUT2D eigenvalue weighted by Gasteiger charge is 2.11. The molecule has 82 valence electrons. The topological polar surface area (TPSA) is 72.8 Å². The van der Waals surface area contributed by atoms with Crippen LogP contribution in [0.3, 0.4) is 0 Å². The van der Waals surface area contributed by atoms with Crippen LogP contribution in [-0.4, -0.2) is 36.9 Å². The maximum Gasteiger partial charge on any atom is 0.417 e. The smallest absolute Gasteiger partial charge is 0.417 e. The molecule has 0 aliphatic carbocycles. The predicted octanol–water partition coefficient (Wildman–Crippen LogP) is 0.821.